The molecule has 34 heavy (non-hydrogen) atoms. The van der Waals surface area contributed by atoms with Crippen LogP contribution in [0.5, 0.6) is 0 Å². The van der Waals surface area contributed by atoms with Gasteiger partial charge in [0.15, 0.2) is 6.29 Å². The normalized spacial score (nSPS) is 34.0. The molecular formula is C23H36N4O7. The van der Waals surface area contributed by atoms with Crippen molar-refractivity contribution in [3.05, 3.63) is 34.4 Å². The third kappa shape index (κ3) is 6.09. The summed E-state index contributed by atoms with van der Waals surface area (Å²) >= 11 is 0. The molecule has 0 saturated carbocycles. The van der Waals surface area contributed by atoms with Crippen LogP contribution in [0.3, 0.4) is 0 Å². The summed E-state index contributed by atoms with van der Waals surface area (Å²) < 4.78 is 19.3. The van der Waals surface area contributed by atoms with Crippen LogP contribution in [-0.4, -0.2) is 87.5 Å². The molecule has 2 aliphatic heterocycles. The van der Waals surface area contributed by atoms with Gasteiger partial charge in [-0.1, -0.05) is 5.57 Å². The number of aliphatic hydroxyl groups excluding tert-OH is 2. The second kappa shape index (κ2) is 11.1. The molecule has 0 aromatic carbocycles. The lowest BCUT2D eigenvalue weighted by Crippen LogP contribution is -2.62. The zero-order valence-corrected chi connectivity index (χ0v) is 20.5. The maximum absolute atomic E-state index is 12.5. The predicted octanol–water partition coefficient (Wildman–Crippen LogP) is 0.628. The van der Waals surface area contributed by atoms with E-state index in [0.29, 0.717) is 12.8 Å². The number of aromatic nitrogens is 2. The van der Waals surface area contributed by atoms with E-state index >= 15 is 0 Å². The summed E-state index contributed by atoms with van der Waals surface area (Å²) in [7, 11) is 3.64. The first-order valence-electron chi connectivity index (χ1n) is 11.5. The van der Waals surface area contributed by atoms with Gasteiger partial charge < -0.3 is 34.6 Å². The molecule has 1 aromatic rings. The largest absolute Gasteiger partial charge is 0.388 e. The van der Waals surface area contributed by atoms with Crippen LogP contribution in [0.2, 0.25) is 0 Å². The molecule has 2 aliphatic rings. The molecule has 1 aromatic heterocycles. The number of ether oxygens (including phenoxy) is 3. The van der Waals surface area contributed by atoms with E-state index in [1.165, 1.54) is 10.6 Å². The Morgan fingerprint density at radius 2 is 1.91 bits per heavy atom. The number of nitrogens with one attached hydrogen (secondary N) is 1. The van der Waals surface area contributed by atoms with Gasteiger partial charge in [0.05, 0.1) is 24.4 Å². The van der Waals surface area contributed by atoms with E-state index in [0.717, 1.165) is 5.57 Å². The highest BCUT2D eigenvalue weighted by molar-refractivity contribution is 5.98. The number of hydrogen-bond acceptors (Lipinski definition) is 9. The number of amides is 1. The lowest BCUT2D eigenvalue weighted by molar-refractivity contribution is -0.310. The SMILES string of the molecule is CC(C)=CC(=O)Nc1ccn([C@H]2CC[C@H](O[C@H]3O[C@H](C)[C@@H](N(C)C)[C@H](O)[C@H]3O)[C@@H](C)O2)c(=O)n1. The summed E-state index contributed by atoms with van der Waals surface area (Å²) in [4.78, 5) is 30.1. The summed E-state index contributed by atoms with van der Waals surface area (Å²) in [6.07, 6.45) is -0.898. The second-order valence-corrected chi connectivity index (χ2v) is 9.41. The van der Waals surface area contributed by atoms with Crippen LogP contribution < -0.4 is 11.0 Å². The number of rotatable bonds is 6. The average molecular weight is 481 g/mol. The summed E-state index contributed by atoms with van der Waals surface area (Å²) in [5.41, 5.74) is 0.295. The Bertz CT molecular complexity index is 945. The third-order valence-electron chi connectivity index (χ3n) is 6.12. The van der Waals surface area contributed by atoms with Crippen molar-refractivity contribution in [3.8, 4) is 0 Å². The number of nitrogens with zero attached hydrogens (tertiary/aromatic N) is 3. The predicted molar refractivity (Wildman–Crippen MR) is 124 cm³/mol. The van der Waals surface area contributed by atoms with Crippen molar-refractivity contribution < 1.29 is 29.2 Å². The van der Waals surface area contributed by atoms with Gasteiger partial charge in [-0.3, -0.25) is 9.36 Å². The van der Waals surface area contributed by atoms with E-state index in [1.54, 1.807) is 26.1 Å². The molecule has 1 amide bonds. The van der Waals surface area contributed by atoms with Gasteiger partial charge in [0.2, 0.25) is 5.91 Å². The first-order valence-corrected chi connectivity index (χ1v) is 11.5. The summed E-state index contributed by atoms with van der Waals surface area (Å²) in [6.45, 7) is 7.25. The first kappa shape index (κ1) is 26.5. The zero-order valence-electron chi connectivity index (χ0n) is 20.5. The molecule has 190 valence electrons. The molecule has 11 heteroatoms. The molecule has 0 radical (unpaired) electrons. The van der Waals surface area contributed by atoms with Crippen LogP contribution >= 0.6 is 0 Å². The van der Waals surface area contributed by atoms with Gasteiger partial charge in [0.1, 0.15) is 24.3 Å². The highest BCUT2D eigenvalue weighted by atomic mass is 16.7. The van der Waals surface area contributed by atoms with Crippen LogP contribution in [0.15, 0.2) is 28.7 Å². The van der Waals surface area contributed by atoms with E-state index in [4.69, 9.17) is 14.2 Å². The van der Waals surface area contributed by atoms with E-state index in [1.807, 2.05) is 32.8 Å². The van der Waals surface area contributed by atoms with Crippen molar-refractivity contribution in [2.75, 3.05) is 19.4 Å². The highest BCUT2D eigenvalue weighted by Crippen LogP contribution is 2.32. The number of carbonyl (C=O) groups excluding carboxylic acids is 1. The number of carbonyl (C=O) groups is 1. The minimum atomic E-state index is -1.20. The summed E-state index contributed by atoms with van der Waals surface area (Å²) in [6, 6.07) is 1.19. The highest BCUT2D eigenvalue weighted by Gasteiger charge is 2.46. The minimum absolute atomic E-state index is 0.168. The molecule has 0 unspecified atom stereocenters. The number of allylic oxidation sites excluding steroid dienone is 1. The molecule has 2 saturated heterocycles. The Balaban J connectivity index is 1.61. The lowest BCUT2D eigenvalue weighted by Gasteiger charge is -2.46. The average Bonchev–Trinajstić information content (AvgIpc) is 2.72. The van der Waals surface area contributed by atoms with Crippen molar-refractivity contribution in [2.45, 2.75) is 89.6 Å². The fourth-order valence-electron chi connectivity index (χ4n) is 4.48. The standard InChI is InChI=1S/C23H36N4O7/c1-12(2)11-17(28)24-16-9-10-27(23(31)25-16)18-8-7-15(13(3)32-18)34-22-21(30)20(29)19(26(5)6)14(4)33-22/h9-11,13-15,18-22,29-30H,7-8H2,1-6H3,(H,24,25,28,31)/t13-,14-,15+,18-,19-,20+,21-,22-/m1/s1. The van der Waals surface area contributed by atoms with Crippen molar-refractivity contribution in [2.24, 2.45) is 0 Å². The summed E-state index contributed by atoms with van der Waals surface area (Å²) in [5, 5.41) is 23.6. The molecule has 0 spiro atoms. The Morgan fingerprint density at radius 3 is 2.50 bits per heavy atom. The Hall–Kier alpha value is -2.15. The Kier molecular flexibility index (Phi) is 8.61. The smallest absolute Gasteiger partial charge is 0.351 e. The number of anilines is 1. The number of aliphatic hydroxyl groups is 2. The summed E-state index contributed by atoms with van der Waals surface area (Å²) in [5.74, 6) is -0.184. The van der Waals surface area contributed by atoms with Gasteiger partial charge in [-0.2, -0.15) is 4.98 Å². The molecule has 2 fully saturated rings. The molecule has 0 bridgehead atoms. The quantitative estimate of drug-likeness (QED) is 0.501. The Labute approximate surface area is 199 Å². The zero-order chi connectivity index (χ0) is 25.2. The van der Waals surface area contributed by atoms with Crippen molar-refractivity contribution in [1.82, 2.24) is 14.5 Å². The third-order valence-corrected chi connectivity index (χ3v) is 6.12. The van der Waals surface area contributed by atoms with Gasteiger partial charge >= 0.3 is 5.69 Å². The minimum Gasteiger partial charge on any atom is -0.388 e. The van der Waals surface area contributed by atoms with Crippen LogP contribution in [0, 0.1) is 0 Å². The van der Waals surface area contributed by atoms with Crippen molar-refractivity contribution in [1.29, 1.82) is 0 Å². The Morgan fingerprint density at radius 1 is 1.21 bits per heavy atom. The maximum atomic E-state index is 12.5. The van der Waals surface area contributed by atoms with Gasteiger partial charge in [0.25, 0.3) is 0 Å². The van der Waals surface area contributed by atoms with E-state index in [2.05, 4.69) is 10.3 Å². The molecular weight excluding hydrogens is 444 g/mol. The van der Waals surface area contributed by atoms with Crippen LogP contribution in [0.1, 0.15) is 46.8 Å². The first-order chi connectivity index (χ1) is 16.0. The molecule has 3 heterocycles. The molecule has 3 N–H and O–H groups in total. The van der Waals surface area contributed by atoms with Gasteiger partial charge in [-0.25, -0.2) is 4.79 Å². The van der Waals surface area contributed by atoms with E-state index in [-0.39, 0.29) is 23.9 Å². The monoisotopic (exact) mass is 480 g/mol. The molecule has 0 aliphatic carbocycles. The molecule has 3 rings (SSSR count). The fourth-order valence-corrected chi connectivity index (χ4v) is 4.48. The maximum Gasteiger partial charge on any atom is 0.351 e. The van der Waals surface area contributed by atoms with E-state index in [9.17, 15) is 19.8 Å². The van der Waals surface area contributed by atoms with Gasteiger partial charge in [-0.15, -0.1) is 0 Å². The van der Waals surface area contributed by atoms with E-state index < -0.39 is 42.6 Å². The van der Waals surface area contributed by atoms with Crippen LogP contribution in [0.4, 0.5) is 5.82 Å². The van der Waals surface area contributed by atoms with Gasteiger partial charge in [-0.05, 0) is 60.7 Å². The number of likely N-dealkylation sites (N-methyl/N-ethyl adjacent to an activating group) is 1. The molecule has 11 nitrogen and oxygen atoms in total. The van der Waals surface area contributed by atoms with Crippen molar-refractivity contribution >= 4 is 11.7 Å². The lowest BCUT2D eigenvalue weighted by atomic mass is 9.96. The second-order valence-electron chi connectivity index (χ2n) is 9.41. The van der Waals surface area contributed by atoms with Crippen LogP contribution in [-0.2, 0) is 19.0 Å². The fraction of sp³-hybridized carbons (Fsp3) is 0.696. The molecule has 8 atom stereocenters. The van der Waals surface area contributed by atoms with Gasteiger partial charge in [0, 0.05) is 12.3 Å². The van der Waals surface area contributed by atoms with Crippen LogP contribution in [0.25, 0.3) is 0 Å². The number of hydrogen-bond donors (Lipinski definition) is 3. The van der Waals surface area contributed by atoms with Crippen molar-refractivity contribution in [3.63, 3.8) is 0 Å². The topological polar surface area (TPSA) is 135 Å².